The average molecular weight is 406 g/mol. The number of carbonyl (C=O) groups excluding carboxylic acids is 1. The number of nitrogens with one attached hydrogen (secondary N) is 1. The molecule has 4 heteroatoms. The Morgan fingerprint density at radius 2 is 1.71 bits per heavy atom. The van der Waals surface area contributed by atoms with Crippen molar-refractivity contribution >= 4 is 22.4 Å². The summed E-state index contributed by atoms with van der Waals surface area (Å²) in [4.78, 5) is 24.4. The van der Waals surface area contributed by atoms with E-state index in [4.69, 9.17) is 6.42 Å². The highest BCUT2D eigenvalue weighted by Crippen LogP contribution is 2.33. The second-order valence-electron chi connectivity index (χ2n) is 7.64. The van der Waals surface area contributed by atoms with Gasteiger partial charge in [0.1, 0.15) is 0 Å². The Balaban J connectivity index is 1.93. The maximum Gasteiger partial charge on any atom is 0.300 e. The van der Waals surface area contributed by atoms with Crippen molar-refractivity contribution in [2.24, 2.45) is 7.05 Å². The van der Waals surface area contributed by atoms with E-state index in [1.54, 1.807) is 11.6 Å². The van der Waals surface area contributed by atoms with E-state index in [1.165, 1.54) is 11.1 Å². The van der Waals surface area contributed by atoms with Crippen LogP contribution >= 0.6 is 0 Å². The van der Waals surface area contributed by atoms with Gasteiger partial charge in [0.15, 0.2) is 0 Å². The molecule has 4 rings (SSSR count). The minimum absolute atomic E-state index is 0.0452. The molecule has 152 valence electrons. The van der Waals surface area contributed by atoms with E-state index in [-0.39, 0.29) is 5.56 Å². The van der Waals surface area contributed by atoms with E-state index >= 15 is 0 Å². The molecule has 0 unspecified atom stereocenters. The molecule has 1 aromatic heterocycles. The van der Waals surface area contributed by atoms with Crippen LogP contribution in [0.3, 0.4) is 0 Å². The van der Waals surface area contributed by atoms with Gasteiger partial charge in [-0.15, -0.1) is 6.42 Å². The number of rotatable bonds is 4. The van der Waals surface area contributed by atoms with E-state index in [2.05, 4.69) is 42.4 Å². The van der Waals surface area contributed by atoms with Crippen LogP contribution in [0, 0.1) is 19.3 Å². The Bertz CT molecular complexity index is 1390. The first-order valence-corrected chi connectivity index (χ1v) is 10.0. The molecule has 1 heterocycles. The molecule has 4 nitrogen and oxygen atoms in total. The minimum atomic E-state index is -0.498. The quantitative estimate of drug-likeness (QED) is 0.501. The molecule has 0 spiro atoms. The van der Waals surface area contributed by atoms with Gasteiger partial charge in [0.2, 0.25) is 0 Å². The SMILES string of the molecule is C#CC(=O)Nc1ccc(Cc2ccc(C)cc2)c(-c2cn(C)c(=O)c3ccccc23)c1. The van der Waals surface area contributed by atoms with Crippen LogP contribution in [0.2, 0.25) is 0 Å². The molecule has 1 N–H and O–H groups in total. The lowest BCUT2D eigenvalue weighted by atomic mass is 9.92. The van der Waals surface area contributed by atoms with Gasteiger partial charge in [0.25, 0.3) is 11.5 Å². The molecule has 0 aliphatic carbocycles. The third-order valence-electron chi connectivity index (χ3n) is 5.39. The molecular formula is C27H22N2O2. The Morgan fingerprint density at radius 3 is 2.42 bits per heavy atom. The summed E-state index contributed by atoms with van der Waals surface area (Å²) < 4.78 is 1.60. The fourth-order valence-corrected chi connectivity index (χ4v) is 3.78. The first-order valence-electron chi connectivity index (χ1n) is 10.0. The number of fused-ring (bicyclic) bond motifs is 1. The van der Waals surface area contributed by atoms with Crippen molar-refractivity contribution in [1.29, 1.82) is 0 Å². The predicted octanol–water partition coefficient (Wildman–Crippen LogP) is 4.68. The minimum Gasteiger partial charge on any atom is -0.317 e. The molecule has 0 fully saturated rings. The Labute approximate surface area is 181 Å². The second kappa shape index (κ2) is 8.33. The van der Waals surface area contributed by atoms with Crippen LogP contribution in [0.15, 0.2) is 77.7 Å². The molecule has 4 aromatic rings. The van der Waals surface area contributed by atoms with E-state index in [0.717, 1.165) is 28.5 Å². The number of aryl methyl sites for hydroxylation is 2. The van der Waals surface area contributed by atoms with Gasteiger partial charge in [0.05, 0.1) is 0 Å². The monoisotopic (exact) mass is 406 g/mol. The van der Waals surface area contributed by atoms with Gasteiger partial charge in [-0.3, -0.25) is 9.59 Å². The van der Waals surface area contributed by atoms with E-state index in [9.17, 15) is 9.59 Å². The number of carbonyl (C=O) groups is 1. The van der Waals surface area contributed by atoms with E-state index < -0.39 is 5.91 Å². The number of benzene rings is 3. The third-order valence-corrected chi connectivity index (χ3v) is 5.39. The number of amides is 1. The predicted molar refractivity (Wildman–Crippen MR) is 126 cm³/mol. The van der Waals surface area contributed by atoms with Gasteiger partial charge in [-0.25, -0.2) is 0 Å². The lowest BCUT2D eigenvalue weighted by molar-refractivity contribution is -0.111. The van der Waals surface area contributed by atoms with Crippen molar-refractivity contribution in [1.82, 2.24) is 4.57 Å². The van der Waals surface area contributed by atoms with Crippen LogP contribution in [0.1, 0.15) is 16.7 Å². The maximum absolute atomic E-state index is 12.7. The van der Waals surface area contributed by atoms with Gasteiger partial charge in [-0.1, -0.05) is 54.1 Å². The Hall–Kier alpha value is -4.10. The normalized spacial score (nSPS) is 10.6. The van der Waals surface area contributed by atoms with Gasteiger partial charge < -0.3 is 9.88 Å². The molecule has 0 aliphatic rings. The lowest BCUT2D eigenvalue weighted by Gasteiger charge is -2.16. The van der Waals surface area contributed by atoms with Gasteiger partial charge >= 0.3 is 0 Å². The fraction of sp³-hybridized carbons (Fsp3) is 0.111. The van der Waals surface area contributed by atoms with E-state index in [0.29, 0.717) is 11.1 Å². The fourth-order valence-electron chi connectivity index (χ4n) is 3.78. The summed E-state index contributed by atoms with van der Waals surface area (Å²) in [5, 5.41) is 4.26. The zero-order chi connectivity index (χ0) is 22.0. The zero-order valence-electron chi connectivity index (χ0n) is 17.5. The van der Waals surface area contributed by atoms with Crippen molar-refractivity contribution in [3.05, 3.63) is 100.0 Å². The van der Waals surface area contributed by atoms with Crippen molar-refractivity contribution in [3.63, 3.8) is 0 Å². The average Bonchev–Trinajstić information content (AvgIpc) is 2.78. The lowest BCUT2D eigenvalue weighted by Crippen LogP contribution is -2.16. The summed E-state index contributed by atoms with van der Waals surface area (Å²) in [6.45, 7) is 2.06. The van der Waals surface area contributed by atoms with Crippen molar-refractivity contribution in [3.8, 4) is 23.5 Å². The van der Waals surface area contributed by atoms with Gasteiger partial charge in [-0.05, 0) is 59.5 Å². The maximum atomic E-state index is 12.7. The van der Waals surface area contributed by atoms with Crippen LogP contribution < -0.4 is 10.9 Å². The van der Waals surface area contributed by atoms with Crippen molar-refractivity contribution < 1.29 is 4.79 Å². The number of hydrogen-bond acceptors (Lipinski definition) is 2. The number of aromatic nitrogens is 1. The van der Waals surface area contributed by atoms with Crippen LogP contribution in [0.25, 0.3) is 21.9 Å². The topological polar surface area (TPSA) is 51.1 Å². The first kappa shape index (κ1) is 20.2. The van der Waals surface area contributed by atoms with Crippen LogP contribution in [-0.4, -0.2) is 10.5 Å². The molecule has 0 radical (unpaired) electrons. The Kier molecular flexibility index (Phi) is 5.43. The zero-order valence-corrected chi connectivity index (χ0v) is 17.5. The molecule has 0 atom stereocenters. The standard InChI is InChI=1S/C27H22N2O2/c1-4-26(30)28-21-14-13-20(15-19-11-9-18(2)10-12-19)24(16-21)25-17-29(3)27(31)23-8-6-5-7-22(23)25/h1,5-14,16-17H,15H2,2-3H3,(H,28,30). The summed E-state index contributed by atoms with van der Waals surface area (Å²) in [5.74, 6) is 1.59. The van der Waals surface area contributed by atoms with Crippen molar-refractivity contribution in [2.45, 2.75) is 13.3 Å². The number of pyridine rings is 1. The van der Waals surface area contributed by atoms with Crippen LogP contribution in [-0.2, 0) is 18.3 Å². The summed E-state index contributed by atoms with van der Waals surface area (Å²) >= 11 is 0. The van der Waals surface area contributed by atoms with Crippen LogP contribution in [0.4, 0.5) is 5.69 Å². The molecule has 0 saturated heterocycles. The summed E-state index contributed by atoms with van der Waals surface area (Å²) in [6.07, 6.45) is 7.80. The smallest absolute Gasteiger partial charge is 0.300 e. The Morgan fingerprint density at radius 1 is 1.00 bits per heavy atom. The van der Waals surface area contributed by atoms with E-state index in [1.807, 2.05) is 48.7 Å². The highest BCUT2D eigenvalue weighted by Gasteiger charge is 2.14. The van der Waals surface area contributed by atoms with Crippen molar-refractivity contribution in [2.75, 3.05) is 5.32 Å². The molecule has 31 heavy (non-hydrogen) atoms. The molecule has 0 bridgehead atoms. The first-order chi connectivity index (χ1) is 15.0. The molecule has 3 aromatic carbocycles. The number of terminal acetylenes is 1. The number of nitrogens with zero attached hydrogens (tertiary/aromatic N) is 1. The van der Waals surface area contributed by atoms with Crippen LogP contribution in [0.5, 0.6) is 0 Å². The molecule has 1 amide bonds. The number of hydrogen-bond donors (Lipinski definition) is 1. The highest BCUT2D eigenvalue weighted by atomic mass is 16.1. The molecule has 0 aliphatic heterocycles. The molecule has 0 saturated carbocycles. The summed E-state index contributed by atoms with van der Waals surface area (Å²) in [6, 6.07) is 21.8. The summed E-state index contributed by atoms with van der Waals surface area (Å²) in [5.41, 5.74) is 5.92. The second-order valence-corrected chi connectivity index (χ2v) is 7.64. The highest BCUT2D eigenvalue weighted by molar-refractivity contribution is 6.04. The largest absolute Gasteiger partial charge is 0.317 e. The number of anilines is 1. The third kappa shape index (κ3) is 4.12. The van der Waals surface area contributed by atoms with Gasteiger partial charge in [0, 0.05) is 29.9 Å². The van der Waals surface area contributed by atoms with Gasteiger partial charge in [-0.2, -0.15) is 0 Å². The molecular weight excluding hydrogens is 384 g/mol. The summed E-state index contributed by atoms with van der Waals surface area (Å²) in [7, 11) is 1.75.